The maximum absolute atomic E-state index is 10.0. The van der Waals surface area contributed by atoms with Crippen LogP contribution in [0.1, 0.15) is 22.8 Å². The van der Waals surface area contributed by atoms with E-state index in [-0.39, 0.29) is 0 Å². The van der Waals surface area contributed by atoms with E-state index >= 15 is 0 Å². The summed E-state index contributed by atoms with van der Waals surface area (Å²) >= 11 is 5.81. The van der Waals surface area contributed by atoms with E-state index < -0.39 is 6.10 Å². The van der Waals surface area contributed by atoms with Crippen molar-refractivity contribution in [2.75, 3.05) is 6.54 Å². The summed E-state index contributed by atoms with van der Waals surface area (Å²) in [6, 6.07) is 16.6. The number of nitrogens with zero attached hydrogens (tertiary/aromatic N) is 1. The second-order valence-electron chi connectivity index (χ2n) is 4.51. The molecule has 0 bridgehead atoms. The molecule has 0 aliphatic rings. The lowest BCUT2D eigenvalue weighted by atomic mass is 10.1. The number of hydrogen-bond acceptors (Lipinski definition) is 3. The summed E-state index contributed by atoms with van der Waals surface area (Å²) in [4.78, 5) is 0. The lowest BCUT2D eigenvalue weighted by Gasteiger charge is -2.12. The summed E-state index contributed by atoms with van der Waals surface area (Å²) in [7, 11) is 0. The predicted molar refractivity (Wildman–Crippen MR) is 79.3 cm³/mol. The number of hydrogen-bond donors (Lipinski definition) is 2. The van der Waals surface area contributed by atoms with Gasteiger partial charge in [0.25, 0.3) is 0 Å². The molecule has 4 heteroatoms. The van der Waals surface area contributed by atoms with Gasteiger partial charge in [-0.2, -0.15) is 5.26 Å². The minimum Gasteiger partial charge on any atom is -0.387 e. The van der Waals surface area contributed by atoms with E-state index in [4.69, 9.17) is 16.9 Å². The fourth-order valence-electron chi connectivity index (χ4n) is 1.85. The van der Waals surface area contributed by atoms with Gasteiger partial charge in [-0.1, -0.05) is 35.9 Å². The van der Waals surface area contributed by atoms with Crippen molar-refractivity contribution in [1.29, 1.82) is 5.26 Å². The highest BCUT2D eigenvalue weighted by atomic mass is 35.5. The molecule has 0 unspecified atom stereocenters. The van der Waals surface area contributed by atoms with Crippen LogP contribution in [0.5, 0.6) is 0 Å². The van der Waals surface area contributed by atoms with Crippen LogP contribution in [0.3, 0.4) is 0 Å². The lowest BCUT2D eigenvalue weighted by Crippen LogP contribution is -2.21. The van der Waals surface area contributed by atoms with Gasteiger partial charge in [0.05, 0.1) is 17.7 Å². The molecule has 2 N–H and O–H groups in total. The van der Waals surface area contributed by atoms with Gasteiger partial charge < -0.3 is 10.4 Å². The highest BCUT2D eigenvalue weighted by Gasteiger charge is 2.06. The molecule has 20 heavy (non-hydrogen) atoms. The van der Waals surface area contributed by atoms with E-state index in [1.165, 1.54) is 0 Å². The number of aliphatic hydroxyl groups excluding tert-OH is 1. The second kappa shape index (κ2) is 7.06. The monoisotopic (exact) mass is 286 g/mol. The third-order valence-corrected chi connectivity index (χ3v) is 3.26. The van der Waals surface area contributed by atoms with Gasteiger partial charge in [-0.15, -0.1) is 0 Å². The third kappa shape index (κ3) is 4.07. The topological polar surface area (TPSA) is 56.0 Å². The van der Waals surface area contributed by atoms with Gasteiger partial charge in [-0.25, -0.2) is 0 Å². The zero-order valence-corrected chi connectivity index (χ0v) is 11.6. The molecule has 3 nitrogen and oxygen atoms in total. The third-order valence-electron chi connectivity index (χ3n) is 3.00. The van der Waals surface area contributed by atoms with Crippen molar-refractivity contribution < 1.29 is 5.11 Å². The molecule has 0 radical (unpaired) electrons. The average Bonchev–Trinajstić information content (AvgIpc) is 2.48. The van der Waals surface area contributed by atoms with Crippen LogP contribution < -0.4 is 5.32 Å². The molecule has 0 aliphatic heterocycles. The molecule has 2 aromatic rings. The van der Waals surface area contributed by atoms with Crippen molar-refractivity contribution in [3.63, 3.8) is 0 Å². The molecule has 0 aliphatic carbocycles. The number of halogens is 1. The molecular formula is C16H15ClN2O. The number of aliphatic hydroxyl groups is 1. The summed E-state index contributed by atoms with van der Waals surface area (Å²) in [5.74, 6) is 0. The Hall–Kier alpha value is -1.86. The first kappa shape index (κ1) is 14.5. The summed E-state index contributed by atoms with van der Waals surface area (Å²) in [5.41, 5.74) is 2.56. The van der Waals surface area contributed by atoms with Crippen LogP contribution in [0.15, 0.2) is 48.5 Å². The largest absolute Gasteiger partial charge is 0.387 e. The molecule has 2 rings (SSSR count). The molecule has 0 fully saturated rings. The van der Waals surface area contributed by atoms with E-state index in [9.17, 15) is 5.11 Å². The van der Waals surface area contributed by atoms with Crippen LogP contribution in [-0.4, -0.2) is 11.7 Å². The molecule has 0 amide bonds. The molecule has 0 spiro atoms. The van der Waals surface area contributed by atoms with Crippen molar-refractivity contribution >= 4 is 11.6 Å². The van der Waals surface area contributed by atoms with Crippen LogP contribution in [0.4, 0.5) is 0 Å². The maximum Gasteiger partial charge on any atom is 0.0991 e. The number of benzene rings is 2. The molecule has 0 saturated heterocycles. The van der Waals surface area contributed by atoms with Crippen LogP contribution >= 0.6 is 11.6 Å². The fourth-order valence-corrected chi connectivity index (χ4v) is 1.98. The van der Waals surface area contributed by atoms with Crippen LogP contribution in [-0.2, 0) is 6.54 Å². The van der Waals surface area contributed by atoms with E-state index in [0.717, 1.165) is 11.1 Å². The second-order valence-corrected chi connectivity index (χ2v) is 4.94. The minimum absolute atomic E-state index is 0.460. The van der Waals surface area contributed by atoms with Crippen molar-refractivity contribution in [2.24, 2.45) is 0 Å². The van der Waals surface area contributed by atoms with Gasteiger partial charge in [0.2, 0.25) is 0 Å². The van der Waals surface area contributed by atoms with Gasteiger partial charge in [0.15, 0.2) is 0 Å². The van der Waals surface area contributed by atoms with Crippen LogP contribution in [0.25, 0.3) is 0 Å². The maximum atomic E-state index is 10.0. The molecule has 2 aromatic carbocycles. The Morgan fingerprint density at radius 1 is 1.10 bits per heavy atom. The Labute approximate surface area is 123 Å². The first-order valence-electron chi connectivity index (χ1n) is 6.32. The van der Waals surface area contributed by atoms with Crippen LogP contribution in [0, 0.1) is 11.3 Å². The summed E-state index contributed by atoms with van der Waals surface area (Å²) in [6.07, 6.45) is -0.564. The Bertz CT molecular complexity index is 587. The average molecular weight is 287 g/mol. The molecule has 1 atom stereocenters. The van der Waals surface area contributed by atoms with E-state index in [1.807, 2.05) is 24.3 Å². The Morgan fingerprint density at radius 2 is 1.75 bits per heavy atom. The first-order valence-corrected chi connectivity index (χ1v) is 6.70. The SMILES string of the molecule is N#Cc1ccc(CNC[C@@H](O)c2ccc(Cl)cc2)cc1. The Morgan fingerprint density at radius 3 is 2.35 bits per heavy atom. The quantitative estimate of drug-likeness (QED) is 0.888. The Balaban J connectivity index is 1.83. The standard InChI is InChI=1S/C16H15ClN2O/c17-15-7-5-14(6-8-15)16(20)11-19-10-13-3-1-12(9-18)2-4-13/h1-8,16,19-20H,10-11H2/t16-/m1/s1. The van der Waals surface area contributed by atoms with Gasteiger partial charge >= 0.3 is 0 Å². The van der Waals surface area contributed by atoms with Gasteiger partial charge in [0, 0.05) is 18.1 Å². The molecular weight excluding hydrogens is 272 g/mol. The smallest absolute Gasteiger partial charge is 0.0991 e. The van der Waals surface area contributed by atoms with Crippen molar-refractivity contribution in [2.45, 2.75) is 12.6 Å². The first-order chi connectivity index (χ1) is 9.69. The van der Waals surface area contributed by atoms with Gasteiger partial charge in [-0.05, 0) is 35.4 Å². The van der Waals surface area contributed by atoms with Gasteiger partial charge in [0.1, 0.15) is 0 Å². The fraction of sp³-hybridized carbons (Fsp3) is 0.188. The van der Waals surface area contributed by atoms with E-state index in [0.29, 0.717) is 23.7 Å². The normalized spacial score (nSPS) is 11.8. The van der Waals surface area contributed by atoms with Crippen molar-refractivity contribution in [1.82, 2.24) is 5.32 Å². The molecule has 102 valence electrons. The van der Waals surface area contributed by atoms with Gasteiger partial charge in [-0.3, -0.25) is 0 Å². The van der Waals surface area contributed by atoms with Crippen LogP contribution in [0.2, 0.25) is 5.02 Å². The molecule has 0 saturated carbocycles. The zero-order valence-electron chi connectivity index (χ0n) is 10.9. The van der Waals surface area contributed by atoms with Crippen molar-refractivity contribution in [3.8, 4) is 6.07 Å². The Kier molecular flexibility index (Phi) is 5.14. The predicted octanol–water partition coefficient (Wildman–Crippen LogP) is 3.03. The highest BCUT2D eigenvalue weighted by molar-refractivity contribution is 6.30. The summed E-state index contributed by atoms with van der Waals surface area (Å²) in [6.45, 7) is 1.11. The molecule has 0 heterocycles. The van der Waals surface area contributed by atoms with Crippen molar-refractivity contribution in [3.05, 3.63) is 70.2 Å². The summed E-state index contributed by atoms with van der Waals surface area (Å²) in [5, 5.41) is 22.6. The minimum atomic E-state index is -0.564. The zero-order chi connectivity index (χ0) is 14.4. The number of nitriles is 1. The van der Waals surface area contributed by atoms with E-state index in [2.05, 4.69) is 11.4 Å². The summed E-state index contributed by atoms with van der Waals surface area (Å²) < 4.78 is 0. The van der Waals surface area contributed by atoms with E-state index in [1.54, 1.807) is 24.3 Å². The highest BCUT2D eigenvalue weighted by Crippen LogP contribution is 2.15. The number of nitrogens with one attached hydrogen (secondary N) is 1. The lowest BCUT2D eigenvalue weighted by molar-refractivity contribution is 0.174. The number of rotatable bonds is 5. The molecule has 0 aromatic heterocycles.